The van der Waals surface area contributed by atoms with Gasteiger partial charge in [0, 0.05) is 4.92 Å². The molecule has 1 heterocycles. The van der Waals surface area contributed by atoms with Crippen molar-refractivity contribution in [2.75, 3.05) is 14.2 Å². The van der Waals surface area contributed by atoms with Gasteiger partial charge in [0.05, 0.1) is 14.2 Å². The molecule has 2 aromatic rings. The lowest BCUT2D eigenvalue weighted by atomic mass is 9.77. The molecule has 1 saturated heterocycles. The molecular weight excluding hydrogens is 378 g/mol. The SMILES string of the molecule is COC(=O)C1(C(=O)OC)O[C@H](c2ccc(C)cc2)[C@H]([N+](=O)[O-])[C@H]1c1ccccc1. The van der Waals surface area contributed by atoms with E-state index in [-0.39, 0.29) is 0 Å². The molecule has 0 saturated carbocycles. The van der Waals surface area contributed by atoms with Crippen molar-refractivity contribution in [3.8, 4) is 0 Å². The molecule has 0 amide bonds. The van der Waals surface area contributed by atoms with Crippen molar-refractivity contribution in [1.82, 2.24) is 0 Å². The Morgan fingerprint density at radius 3 is 2.00 bits per heavy atom. The lowest BCUT2D eigenvalue weighted by Crippen LogP contribution is -2.53. The molecule has 3 rings (SSSR count). The molecule has 0 aromatic heterocycles. The number of methoxy groups -OCH3 is 2. The minimum absolute atomic E-state index is 0.402. The molecule has 29 heavy (non-hydrogen) atoms. The molecule has 0 radical (unpaired) electrons. The summed E-state index contributed by atoms with van der Waals surface area (Å²) in [6, 6.07) is 13.8. The van der Waals surface area contributed by atoms with E-state index in [1.165, 1.54) is 0 Å². The van der Waals surface area contributed by atoms with E-state index in [0.29, 0.717) is 11.1 Å². The van der Waals surface area contributed by atoms with Crippen LogP contribution in [0.4, 0.5) is 0 Å². The molecule has 1 aliphatic heterocycles. The second-order valence-corrected chi connectivity index (χ2v) is 6.83. The Hall–Kier alpha value is -3.26. The fourth-order valence-corrected chi connectivity index (χ4v) is 3.84. The largest absolute Gasteiger partial charge is 0.466 e. The van der Waals surface area contributed by atoms with E-state index < -0.39 is 40.5 Å². The number of hydrogen-bond acceptors (Lipinski definition) is 7. The van der Waals surface area contributed by atoms with Crippen LogP contribution in [0.5, 0.6) is 0 Å². The van der Waals surface area contributed by atoms with Crippen LogP contribution in [-0.4, -0.2) is 42.7 Å². The number of rotatable bonds is 5. The zero-order valence-electron chi connectivity index (χ0n) is 16.2. The van der Waals surface area contributed by atoms with Crippen molar-refractivity contribution in [1.29, 1.82) is 0 Å². The van der Waals surface area contributed by atoms with Gasteiger partial charge in [0.25, 0.3) is 11.6 Å². The van der Waals surface area contributed by atoms with E-state index in [1.807, 2.05) is 6.92 Å². The van der Waals surface area contributed by atoms with Crippen molar-refractivity contribution in [3.63, 3.8) is 0 Å². The van der Waals surface area contributed by atoms with Gasteiger partial charge in [0.1, 0.15) is 5.92 Å². The van der Waals surface area contributed by atoms with Gasteiger partial charge in [0.15, 0.2) is 6.10 Å². The number of esters is 2. The van der Waals surface area contributed by atoms with Crippen molar-refractivity contribution < 1.29 is 28.7 Å². The third kappa shape index (κ3) is 3.36. The van der Waals surface area contributed by atoms with Crippen LogP contribution in [0.3, 0.4) is 0 Å². The average molecular weight is 399 g/mol. The van der Waals surface area contributed by atoms with Crippen LogP contribution in [0.2, 0.25) is 0 Å². The van der Waals surface area contributed by atoms with Crippen molar-refractivity contribution in [2.45, 2.75) is 30.6 Å². The van der Waals surface area contributed by atoms with Crippen LogP contribution in [0.15, 0.2) is 54.6 Å². The normalized spacial score (nSPS) is 22.7. The second kappa shape index (κ2) is 8.00. The molecule has 0 unspecified atom stereocenters. The van der Waals surface area contributed by atoms with Crippen LogP contribution in [0.25, 0.3) is 0 Å². The molecule has 0 bridgehead atoms. The summed E-state index contributed by atoms with van der Waals surface area (Å²) in [5.41, 5.74) is -0.471. The van der Waals surface area contributed by atoms with Crippen molar-refractivity contribution >= 4 is 11.9 Å². The van der Waals surface area contributed by atoms with Crippen LogP contribution >= 0.6 is 0 Å². The molecule has 0 spiro atoms. The van der Waals surface area contributed by atoms with Gasteiger partial charge in [-0.15, -0.1) is 0 Å². The second-order valence-electron chi connectivity index (χ2n) is 6.83. The summed E-state index contributed by atoms with van der Waals surface area (Å²) in [6.07, 6.45) is -1.16. The summed E-state index contributed by atoms with van der Waals surface area (Å²) in [7, 11) is 2.19. The van der Waals surface area contributed by atoms with Gasteiger partial charge in [0.2, 0.25) is 0 Å². The van der Waals surface area contributed by atoms with Crippen LogP contribution in [0, 0.1) is 17.0 Å². The third-order valence-electron chi connectivity index (χ3n) is 5.19. The summed E-state index contributed by atoms with van der Waals surface area (Å²) in [5, 5.41) is 12.2. The number of carbonyl (C=O) groups is 2. The molecule has 0 N–H and O–H groups in total. The Balaban J connectivity index is 2.27. The molecule has 1 aliphatic rings. The number of nitrogens with zero attached hydrogens (tertiary/aromatic N) is 1. The van der Waals surface area contributed by atoms with E-state index in [1.54, 1.807) is 54.6 Å². The molecule has 0 aliphatic carbocycles. The third-order valence-corrected chi connectivity index (χ3v) is 5.19. The van der Waals surface area contributed by atoms with E-state index in [4.69, 9.17) is 14.2 Å². The summed E-state index contributed by atoms with van der Waals surface area (Å²) in [4.78, 5) is 37.3. The minimum atomic E-state index is -2.31. The number of benzene rings is 2. The molecular formula is C21H21NO7. The fraction of sp³-hybridized carbons (Fsp3) is 0.333. The maximum absolute atomic E-state index is 12.8. The Kier molecular flexibility index (Phi) is 5.65. The molecule has 152 valence electrons. The van der Waals surface area contributed by atoms with Gasteiger partial charge < -0.3 is 14.2 Å². The molecule has 3 atom stereocenters. The smallest absolute Gasteiger partial charge is 0.351 e. The van der Waals surface area contributed by atoms with Crippen LogP contribution < -0.4 is 0 Å². The first-order chi connectivity index (χ1) is 13.9. The topological polar surface area (TPSA) is 105 Å². The van der Waals surface area contributed by atoms with E-state index in [9.17, 15) is 19.7 Å². The first-order valence-electron chi connectivity index (χ1n) is 8.96. The molecule has 1 fully saturated rings. The quantitative estimate of drug-likeness (QED) is 0.329. The first kappa shape index (κ1) is 20.5. The Morgan fingerprint density at radius 2 is 1.52 bits per heavy atom. The summed E-state index contributed by atoms with van der Waals surface area (Å²) in [5.74, 6) is -3.33. The van der Waals surface area contributed by atoms with Crippen LogP contribution in [-0.2, 0) is 23.8 Å². The molecule has 8 heteroatoms. The summed E-state index contributed by atoms with van der Waals surface area (Å²) < 4.78 is 15.6. The summed E-state index contributed by atoms with van der Waals surface area (Å²) in [6.45, 7) is 1.88. The monoisotopic (exact) mass is 399 g/mol. The van der Waals surface area contributed by atoms with Crippen LogP contribution in [0.1, 0.15) is 28.7 Å². The van der Waals surface area contributed by atoms with Gasteiger partial charge in [-0.05, 0) is 18.1 Å². The highest BCUT2D eigenvalue weighted by Gasteiger charge is 2.71. The first-order valence-corrected chi connectivity index (χ1v) is 8.96. The van der Waals surface area contributed by atoms with Gasteiger partial charge in [-0.25, -0.2) is 9.59 Å². The zero-order chi connectivity index (χ0) is 21.2. The maximum atomic E-state index is 12.8. The number of aryl methyl sites for hydroxylation is 1. The number of hydrogen-bond donors (Lipinski definition) is 0. The lowest BCUT2D eigenvalue weighted by molar-refractivity contribution is -0.531. The predicted molar refractivity (Wildman–Crippen MR) is 102 cm³/mol. The fourth-order valence-electron chi connectivity index (χ4n) is 3.84. The highest BCUT2D eigenvalue weighted by Crippen LogP contribution is 2.51. The van der Waals surface area contributed by atoms with E-state index in [2.05, 4.69) is 0 Å². The highest BCUT2D eigenvalue weighted by molar-refractivity contribution is 6.05. The zero-order valence-corrected chi connectivity index (χ0v) is 16.2. The number of nitro groups is 1. The Bertz CT molecular complexity index is 894. The number of ether oxygens (including phenoxy) is 3. The molecule has 8 nitrogen and oxygen atoms in total. The van der Waals surface area contributed by atoms with E-state index >= 15 is 0 Å². The Morgan fingerprint density at radius 1 is 0.966 bits per heavy atom. The van der Waals surface area contributed by atoms with Gasteiger partial charge >= 0.3 is 11.9 Å². The lowest BCUT2D eigenvalue weighted by Gasteiger charge is -2.28. The van der Waals surface area contributed by atoms with Gasteiger partial charge in [-0.2, -0.15) is 0 Å². The minimum Gasteiger partial charge on any atom is -0.466 e. The van der Waals surface area contributed by atoms with Gasteiger partial charge in [-0.1, -0.05) is 60.2 Å². The highest BCUT2D eigenvalue weighted by atomic mass is 16.7. The Labute approximate surface area is 167 Å². The van der Waals surface area contributed by atoms with E-state index in [0.717, 1.165) is 19.8 Å². The number of carbonyl (C=O) groups excluding carboxylic acids is 2. The summed E-state index contributed by atoms with van der Waals surface area (Å²) >= 11 is 0. The maximum Gasteiger partial charge on any atom is 0.351 e. The van der Waals surface area contributed by atoms with Gasteiger partial charge in [-0.3, -0.25) is 10.1 Å². The van der Waals surface area contributed by atoms with Crippen molar-refractivity contribution in [3.05, 3.63) is 81.4 Å². The van der Waals surface area contributed by atoms with Crippen molar-refractivity contribution in [2.24, 2.45) is 0 Å². The predicted octanol–water partition coefficient (Wildman–Crippen LogP) is 2.58. The average Bonchev–Trinajstić information content (AvgIpc) is 3.11. The molecule has 2 aromatic carbocycles. The standard InChI is InChI=1S/C21H21NO7/c1-13-9-11-15(12-10-13)18-17(22(25)26)16(14-7-5-4-6-8-14)21(29-18,19(23)27-2)20(24)28-3/h4-12,16-18H,1-3H3/t16-,17-,18-/m1/s1.